The summed E-state index contributed by atoms with van der Waals surface area (Å²) >= 11 is 0. The molecule has 2 fully saturated rings. The fourth-order valence-corrected chi connectivity index (χ4v) is 5.23. The summed E-state index contributed by atoms with van der Waals surface area (Å²) < 4.78 is 5.54. The lowest BCUT2D eigenvalue weighted by Crippen LogP contribution is -2.30. The van der Waals surface area contributed by atoms with Crippen molar-refractivity contribution in [2.24, 2.45) is 17.8 Å². The summed E-state index contributed by atoms with van der Waals surface area (Å²) in [5.41, 5.74) is 3.29. The SMILES string of the molecule is Cc1cccc(C)c1N1C[C@H](C(=O)Oc2ccc(N3C(=O)[C@@H]4CC=CC[C@H]4C3=O)cc2)CC1=O. The lowest BCUT2D eigenvalue weighted by atomic mass is 9.85. The maximum atomic E-state index is 12.8. The molecule has 3 aliphatic rings. The molecule has 5 rings (SSSR count). The first-order chi connectivity index (χ1) is 16.3. The van der Waals surface area contributed by atoms with Gasteiger partial charge in [0, 0.05) is 18.7 Å². The van der Waals surface area contributed by atoms with Crippen molar-refractivity contribution in [2.75, 3.05) is 16.3 Å². The Hall–Kier alpha value is -3.74. The van der Waals surface area contributed by atoms with Crippen molar-refractivity contribution in [2.45, 2.75) is 33.1 Å². The number of anilines is 2. The Kier molecular flexibility index (Phi) is 5.55. The number of esters is 1. The minimum absolute atomic E-state index is 0.0955. The van der Waals surface area contributed by atoms with Crippen LogP contribution in [0, 0.1) is 31.6 Å². The molecule has 2 aliphatic heterocycles. The van der Waals surface area contributed by atoms with E-state index in [1.165, 1.54) is 4.90 Å². The normalized spacial score (nSPS) is 24.1. The van der Waals surface area contributed by atoms with E-state index in [4.69, 9.17) is 4.74 Å². The molecule has 0 radical (unpaired) electrons. The van der Waals surface area contributed by atoms with Gasteiger partial charge in [0.2, 0.25) is 17.7 Å². The van der Waals surface area contributed by atoms with Crippen molar-refractivity contribution in [1.82, 2.24) is 0 Å². The number of fused-ring (bicyclic) bond motifs is 1. The zero-order valence-corrected chi connectivity index (χ0v) is 19.2. The molecule has 0 unspecified atom stereocenters. The van der Waals surface area contributed by atoms with Gasteiger partial charge in [-0.15, -0.1) is 0 Å². The maximum Gasteiger partial charge on any atom is 0.316 e. The van der Waals surface area contributed by atoms with Crippen LogP contribution in [-0.2, 0) is 19.2 Å². The zero-order valence-electron chi connectivity index (χ0n) is 19.2. The van der Waals surface area contributed by atoms with E-state index in [1.54, 1.807) is 29.2 Å². The number of hydrogen-bond acceptors (Lipinski definition) is 5. The van der Waals surface area contributed by atoms with Crippen LogP contribution in [0.3, 0.4) is 0 Å². The van der Waals surface area contributed by atoms with Crippen LogP contribution < -0.4 is 14.5 Å². The fraction of sp³-hybridized carbons (Fsp3) is 0.333. The van der Waals surface area contributed by atoms with Gasteiger partial charge in [-0.25, -0.2) is 0 Å². The number of amides is 3. The maximum absolute atomic E-state index is 12.8. The van der Waals surface area contributed by atoms with Crippen molar-refractivity contribution in [3.63, 3.8) is 0 Å². The summed E-state index contributed by atoms with van der Waals surface area (Å²) in [5.74, 6) is -1.78. The van der Waals surface area contributed by atoms with Gasteiger partial charge in [-0.3, -0.25) is 24.1 Å². The summed E-state index contributed by atoms with van der Waals surface area (Å²) in [6.45, 7) is 4.17. The number of nitrogens with zero attached hydrogens (tertiary/aromatic N) is 2. The van der Waals surface area contributed by atoms with E-state index in [0.29, 0.717) is 24.3 Å². The highest BCUT2D eigenvalue weighted by molar-refractivity contribution is 6.22. The Bertz CT molecular complexity index is 1170. The van der Waals surface area contributed by atoms with E-state index in [9.17, 15) is 19.2 Å². The second-order valence-electron chi connectivity index (χ2n) is 9.23. The number of rotatable bonds is 4. The second-order valence-corrected chi connectivity index (χ2v) is 9.23. The number of imide groups is 1. The van der Waals surface area contributed by atoms with Crippen molar-refractivity contribution in [3.05, 3.63) is 65.7 Å². The Morgan fingerprint density at radius 3 is 2.06 bits per heavy atom. The molecule has 2 aromatic carbocycles. The number of aryl methyl sites for hydroxylation is 2. The molecule has 0 saturated carbocycles. The first-order valence-electron chi connectivity index (χ1n) is 11.6. The molecular weight excluding hydrogens is 432 g/mol. The number of allylic oxidation sites excluding steroid dienone is 2. The number of benzene rings is 2. The number of carbonyl (C=O) groups is 4. The number of hydrogen-bond donors (Lipinski definition) is 0. The monoisotopic (exact) mass is 458 g/mol. The van der Waals surface area contributed by atoms with E-state index >= 15 is 0 Å². The van der Waals surface area contributed by atoms with E-state index in [1.807, 2.05) is 44.2 Å². The zero-order chi connectivity index (χ0) is 24.0. The van der Waals surface area contributed by atoms with Crippen molar-refractivity contribution in [1.29, 1.82) is 0 Å². The third-order valence-corrected chi connectivity index (χ3v) is 6.99. The highest BCUT2D eigenvalue weighted by Crippen LogP contribution is 2.38. The van der Waals surface area contributed by atoms with Crippen molar-refractivity contribution >= 4 is 35.1 Å². The minimum Gasteiger partial charge on any atom is -0.426 e. The Labute approximate surface area is 198 Å². The molecule has 1 aliphatic carbocycles. The molecule has 3 atom stereocenters. The molecule has 7 heteroatoms. The van der Waals surface area contributed by atoms with Crippen LogP contribution in [0.5, 0.6) is 5.75 Å². The van der Waals surface area contributed by atoms with Crippen LogP contribution in [0.25, 0.3) is 0 Å². The number of para-hydroxylation sites is 1. The van der Waals surface area contributed by atoms with Gasteiger partial charge in [0.05, 0.1) is 23.4 Å². The van der Waals surface area contributed by atoms with Gasteiger partial charge in [-0.05, 0) is 62.1 Å². The summed E-state index contributed by atoms with van der Waals surface area (Å²) in [6.07, 6.45) is 5.17. The predicted octanol–water partition coefficient (Wildman–Crippen LogP) is 3.72. The summed E-state index contributed by atoms with van der Waals surface area (Å²) in [5, 5.41) is 0. The van der Waals surface area contributed by atoms with Crippen LogP contribution in [0.4, 0.5) is 11.4 Å². The van der Waals surface area contributed by atoms with Crippen molar-refractivity contribution in [3.8, 4) is 5.75 Å². The largest absolute Gasteiger partial charge is 0.426 e. The van der Waals surface area contributed by atoms with E-state index in [0.717, 1.165) is 16.8 Å². The topological polar surface area (TPSA) is 84.0 Å². The third kappa shape index (κ3) is 3.71. The highest BCUT2D eigenvalue weighted by atomic mass is 16.5. The lowest BCUT2D eigenvalue weighted by Gasteiger charge is -2.21. The molecule has 2 aromatic rings. The molecular formula is C27H26N2O5. The summed E-state index contributed by atoms with van der Waals surface area (Å²) in [7, 11) is 0. The van der Waals surface area contributed by atoms with E-state index < -0.39 is 11.9 Å². The third-order valence-electron chi connectivity index (χ3n) is 6.99. The molecule has 0 spiro atoms. The van der Waals surface area contributed by atoms with Gasteiger partial charge < -0.3 is 9.64 Å². The van der Waals surface area contributed by atoms with E-state index in [-0.39, 0.29) is 42.5 Å². The molecule has 7 nitrogen and oxygen atoms in total. The Morgan fingerprint density at radius 1 is 0.882 bits per heavy atom. The van der Waals surface area contributed by atoms with Gasteiger partial charge in [-0.1, -0.05) is 30.4 Å². The van der Waals surface area contributed by atoms with Gasteiger partial charge in [0.1, 0.15) is 5.75 Å². The van der Waals surface area contributed by atoms with Gasteiger partial charge in [0.25, 0.3) is 0 Å². The first-order valence-corrected chi connectivity index (χ1v) is 11.6. The Morgan fingerprint density at radius 2 is 1.47 bits per heavy atom. The Balaban J connectivity index is 1.26. The number of carbonyl (C=O) groups excluding carboxylic acids is 4. The van der Waals surface area contributed by atoms with Gasteiger partial charge >= 0.3 is 5.97 Å². The molecule has 3 amide bonds. The van der Waals surface area contributed by atoms with E-state index in [2.05, 4.69) is 0 Å². The smallest absolute Gasteiger partial charge is 0.316 e. The molecule has 0 N–H and O–H groups in total. The van der Waals surface area contributed by atoms with Crippen LogP contribution in [0.1, 0.15) is 30.4 Å². The predicted molar refractivity (Wildman–Crippen MR) is 126 cm³/mol. The quantitative estimate of drug-likeness (QED) is 0.302. The average Bonchev–Trinajstić information content (AvgIpc) is 3.32. The molecule has 2 saturated heterocycles. The second kappa shape index (κ2) is 8.56. The average molecular weight is 459 g/mol. The van der Waals surface area contributed by atoms with Crippen LogP contribution >= 0.6 is 0 Å². The first kappa shape index (κ1) is 22.1. The summed E-state index contributed by atoms with van der Waals surface area (Å²) in [6, 6.07) is 12.2. The van der Waals surface area contributed by atoms with Crippen molar-refractivity contribution < 1.29 is 23.9 Å². The molecule has 0 bridgehead atoms. The highest BCUT2D eigenvalue weighted by Gasteiger charge is 2.47. The van der Waals surface area contributed by atoms with Crippen LogP contribution in [0.15, 0.2) is 54.6 Å². The molecule has 34 heavy (non-hydrogen) atoms. The van der Waals surface area contributed by atoms with Crippen LogP contribution in [-0.4, -0.2) is 30.2 Å². The minimum atomic E-state index is -0.566. The lowest BCUT2D eigenvalue weighted by molar-refractivity contribution is -0.139. The standard InChI is InChI=1S/C27H26N2O5/c1-16-6-5-7-17(2)24(16)28-15-18(14-23(28)30)27(33)34-20-12-10-19(11-13-20)29-25(31)21-8-3-4-9-22(21)26(29)32/h3-7,10-13,18,21-22H,8-9,14-15H2,1-2H3/t18-,21-,22-/m1/s1. The molecule has 174 valence electrons. The van der Waals surface area contributed by atoms with Crippen LogP contribution in [0.2, 0.25) is 0 Å². The van der Waals surface area contributed by atoms with Gasteiger partial charge in [0.15, 0.2) is 0 Å². The van der Waals surface area contributed by atoms with Gasteiger partial charge in [-0.2, -0.15) is 0 Å². The number of ether oxygens (including phenoxy) is 1. The fourth-order valence-electron chi connectivity index (χ4n) is 5.23. The summed E-state index contributed by atoms with van der Waals surface area (Å²) in [4.78, 5) is 53.9. The molecule has 2 heterocycles. The molecule has 0 aromatic heterocycles.